The zero-order valence-corrected chi connectivity index (χ0v) is 15.7. The van der Waals surface area contributed by atoms with E-state index in [2.05, 4.69) is 45.6 Å². The molecule has 4 rings (SSSR count). The van der Waals surface area contributed by atoms with Crippen molar-refractivity contribution in [1.82, 2.24) is 14.5 Å². The van der Waals surface area contributed by atoms with E-state index in [-0.39, 0.29) is 5.92 Å². The van der Waals surface area contributed by atoms with E-state index in [0.717, 1.165) is 50.3 Å². The Kier molecular flexibility index (Phi) is 5.09. The predicted octanol–water partition coefficient (Wildman–Crippen LogP) is 4.29. The first kappa shape index (κ1) is 17.3. The van der Waals surface area contributed by atoms with Gasteiger partial charge in [-0.05, 0) is 32.1 Å². The van der Waals surface area contributed by atoms with Crippen molar-refractivity contribution in [1.29, 1.82) is 0 Å². The van der Waals surface area contributed by atoms with Crippen LogP contribution in [0.1, 0.15) is 44.2 Å². The van der Waals surface area contributed by atoms with Gasteiger partial charge in [0.2, 0.25) is 5.91 Å². The summed E-state index contributed by atoms with van der Waals surface area (Å²) < 4.78 is 2.33. The summed E-state index contributed by atoms with van der Waals surface area (Å²) in [5.74, 6) is 2.27. The van der Waals surface area contributed by atoms with Crippen LogP contribution in [0.25, 0.3) is 11.4 Å². The van der Waals surface area contributed by atoms with Gasteiger partial charge < -0.3 is 9.47 Å². The molecule has 1 atom stereocenters. The summed E-state index contributed by atoms with van der Waals surface area (Å²) in [6.07, 6.45) is 9.00. The highest BCUT2D eigenvalue weighted by Crippen LogP contribution is 2.29. The fourth-order valence-electron chi connectivity index (χ4n) is 4.56. The normalized spacial score (nSPS) is 21.3. The van der Waals surface area contributed by atoms with Crippen LogP contribution >= 0.6 is 0 Å². The zero-order valence-electron chi connectivity index (χ0n) is 15.7. The van der Waals surface area contributed by atoms with Crippen molar-refractivity contribution in [3.8, 4) is 11.4 Å². The Morgan fingerprint density at radius 2 is 1.88 bits per heavy atom. The van der Waals surface area contributed by atoms with Gasteiger partial charge in [-0.2, -0.15) is 0 Å². The van der Waals surface area contributed by atoms with Gasteiger partial charge in [0, 0.05) is 43.0 Å². The summed E-state index contributed by atoms with van der Waals surface area (Å²) >= 11 is 0. The number of imidazole rings is 1. The Bertz CT molecular complexity index is 746. The van der Waals surface area contributed by atoms with Gasteiger partial charge in [0.1, 0.15) is 5.82 Å². The minimum atomic E-state index is 0.289. The third-order valence-electron chi connectivity index (χ3n) is 6.08. The molecule has 1 aliphatic heterocycles. The minimum absolute atomic E-state index is 0.289. The van der Waals surface area contributed by atoms with Crippen LogP contribution in [0.15, 0.2) is 36.5 Å². The van der Waals surface area contributed by atoms with Gasteiger partial charge in [-0.1, -0.05) is 49.6 Å². The Labute approximate surface area is 156 Å². The monoisotopic (exact) mass is 351 g/mol. The summed E-state index contributed by atoms with van der Waals surface area (Å²) in [6.45, 7) is 4.90. The molecule has 0 bridgehead atoms. The first-order valence-corrected chi connectivity index (χ1v) is 10.1. The number of amides is 1. The molecular weight excluding hydrogens is 322 g/mol. The van der Waals surface area contributed by atoms with Crippen LogP contribution in [0.4, 0.5) is 0 Å². The molecule has 4 nitrogen and oxygen atoms in total. The van der Waals surface area contributed by atoms with E-state index in [9.17, 15) is 4.79 Å². The molecule has 2 aliphatic rings. The fourth-order valence-corrected chi connectivity index (χ4v) is 4.56. The van der Waals surface area contributed by atoms with E-state index in [1.807, 2.05) is 12.3 Å². The van der Waals surface area contributed by atoms with Gasteiger partial charge in [-0.25, -0.2) is 4.98 Å². The fraction of sp³-hybridized carbons (Fsp3) is 0.545. The van der Waals surface area contributed by atoms with E-state index >= 15 is 0 Å². The number of hydrogen-bond donors (Lipinski definition) is 0. The number of rotatable bonds is 4. The second-order valence-electron chi connectivity index (χ2n) is 7.97. The lowest BCUT2D eigenvalue weighted by molar-refractivity contribution is -0.135. The first-order chi connectivity index (χ1) is 12.7. The summed E-state index contributed by atoms with van der Waals surface area (Å²) in [4.78, 5) is 19.6. The number of carbonyl (C=O) groups is 1. The quantitative estimate of drug-likeness (QED) is 0.824. The van der Waals surface area contributed by atoms with Gasteiger partial charge in [-0.3, -0.25) is 4.79 Å². The standard InChI is InChI=1S/C22H29N3O/c1-17-14-23-21(19-8-4-2-5-9-19)25(17)16-18-12-13-24(15-18)22(26)20-10-6-3-7-11-20/h2,4-5,8-9,14,18,20H,3,6-7,10-13,15-16H2,1H3. The Hall–Kier alpha value is -2.10. The molecule has 2 heterocycles. The lowest BCUT2D eigenvalue weighted by Gasteiger charge is -2.26. The van der Waals surface area contributed by atoms with Crippen molar-refractivity contribution < 1.29 is 4.79 Å². The number of aryl methyl sites for hydroxylation is 1. The van der Waals surface area contributed by atoms with Gasteiger partial charge in [0.05, 0.1) is 0 Å². The molecule has 1 saturated carbocycles. The lowest BCUT2D eigenvalue weighted by atomic mass is 9.88. The third kappa shape index (κ3) is 3.55. The van der Waals surface area contributed by atoms with Crippen LogP contribution in [0.3, 0.4) is 0 Å². The highest BCUT2D eigenvalue weighted by molar-refractivity contribution is 5.79. The van der Waals surface area contributed by atoms with E-state index < -0.39 is 0 Å². The molecule has 1 aromatic heterocycles. The maximum Gasteiger partial charge on any atom is 0.225 e. The summed E-state index contributed by atoms with van der Waals surface area (Å²) in [5.41, 5.74) is 2.36. The summed E-state index contributed by atoms with van der Waals surface area (Å²) in [6, 6.07) is 10.4. The van der Waals surface area contributed by atoms with E-state index in [4.69, 9.17) is 0 Å². The number of likely N-dealkylation sites (tertiary alicyclic amines) is 1. The Morgan fingerprint density at radius 1 is 1.12 bits per heavy atom. The average Bonchev–Trinajstić information content (AvgIpc) is 3.30. The molecule has 4 heteroatoms. The Morgan fingerprint density at radius 3 is 2.65 bits per heavy atom. The van der Waals surface area contributed by atoms with Crippen molar-refractivity contribution in [2.75, 3.05) is 13.1 Å². The van der Waals surface area contributed by atoms with Gasteiger partial charge in [0.25, 0.3) is 0 Å². The van der Waals surface area contributed by atoms with Crippen LogP contribution in [0.2, 0.25) is 0 Å². The first-order valence-electron chi connectivity index (χ1n) is 10.1. The van der Waals surface area contributed by atoms with Crippen molar-refractivity contribution >= 4 is 5.91 Å². The number of aromatic nitrogens is 2. The van der Waals surface area contributed by atoms with Crippen LogP contribution in [0.5, 0.6) is 0 Å². The number of carbonyl (C=O) groups excluding carboxylic acids is 1. The molecule has 2 fully saturated rings. The second kappa shape index (κ2) is 7.65. The van der Waals surface area contributed by atoms with Crippen LogP contribution in [-0.2, 0) is 11.3 Å². The number of nitrogens with zero attached hydrogens (tertiary/aromatic N) is 3. The summed E-state index contributed by atoms with van der Waals surface area (Å²) in [7, 11) is 0. The van der Waals surface area contributed by atoms with E-state index in [1.165, 1.54) is 25.0 Å². The molecular formula is C22H29N3O. The highest BCUT2D eigenvalue weighted by Gasteiger charge is 2.32. The second-order valence-corrected chi connectivity index (χ2v) is 7.97. The topological polar surface area (TPSA) is 38.1 Å². The number of benzene rings is 1. The molecule has 0 radical (unpaired) electrons. The third-order valence-corrected chi connectivity index (χ3v) is 6.08. The molecule has 0 N–H and O–H groups in total. The molecule has 138 valence electrons. The molecule has 26 heavy (non-hydrogen) atoms. The van der Waals surface area contributed by atoms with Crippen LogP contribution in [-0.4, -0.2) is 33.4 Å². The molecule has 1 amide bonds. The van der Waals surface area contributed by atoms with Crippen molar-refractivity contribution in [3.05, 3.63) is 42.2 Å². The summed E-state index contributed by atoms with van der Waals surface area (Å²) in [5, 5.41) is 0. The number of hydrogen-bond acceptors (Lipinski definition) is 2. The maximum absolute atomic E-state index is 12.8. The van der Waals surface area contributed by atoms with E-state index in [1.54, 1.807) is 0 Å². The largest absolute Gasteiger partial charge is 0.342 e. The lowest BCUT2D eigenvalue weighted by Crippen LogP contribution is -2.35. The van der Waals surface area contributed by atoms with Gasteiger partial charge in [-0.15, -0.1) is 0 Å². The van der Waals surface area contributed by atoms with Gasteiger partial charge >= 0.3 is 0 Å². The molecule has 1 unspecified atom stereocenters. The molecule has 1 saturated heterocycles. The van der Waals surface area contributed by atoms with Crippen LogP contribution < -0.4 is 0 Å². The molecule has 2 aromatic rings. The maximum atomic E-state index is 12.8. The molecule has 1 aliphatic carbocycles. The SMILES string of the molecule is Cc1cnc(-c2ccccc2)n1CC1CCN(C(=O)C2CCCCC2)C1. The predicted molar refractivity (Wildman–Crippen MR) is 104 cm³/mol. The van der Waals surface area contributed by atoms with E-state index in [0.29, 0.717) is 11.8 Å². The minimum Gasteiger partial charge on any atom is -0.342 e. The van der Waals surface area contributed by atoms with Crippen molar-refractivity contribution in [2.24, 2.45) is 11.8 Å². The highest BCUT2D eigenvalue weighted by atomic mass is 16.2. The van der Waals surface area contributed by atoms with Crippen molar-refractivity contribution in [2.45, 2.75) is 52.0 Å². The zero-order chi connectivity index (χ0) is 17.9. The molecule has 0 spiro atoms. The average molecular weight is 351 g/mol. The van der Waals surface area contributed by atoms with Crippen molar-refractivity contribution in [3.63, 3.8) is 0 Å². The Balaban J connectivity index is 1.43. The smallest absolute Gasteiger partial charge is 0.225 e. The van der Waals surface area contributed by atoms with Gasteiger partial charge in [0.15, 0.2) is 0 Å². The van der Waals surface area contributed by atoms with Crippen LogP contribution in [0, 0.1) is 18.8 Å². The molecule has 1 aromatic carbocycles.